The summed E-state index contributed by atoms with van der Waals surface area (Å²) in [6, 6.07) is 7.53. The number of halogens is 1. The SMILES string of the molecule is [B]c1cc(-c2ccc(C3CCC(C4CCCCC4)CC3)cc2F)sc1[B]. The average molecular weight is 362 g/mol. The van der Waals surface area contributed by atoms with Crippen molar-refractivity contribution in [1.82, 2.24) is 0 Å². The molecule has 1 aromatic carbocycles. The highest BCUT2D eigenvalue weighted by Crippen LogP contribution is 2.43. The largest absolute Gasteiger partial charge is 0.206 e. The Morgan fingerprint density at radius 1 is 0.846 bits per heavy atom. The van der Waals surface area contributed by atoms with Gasteiger partial charge < -0.3 is 0 Å². The zero-order valence-electron chi connectivity index (χ0n) is 15.3. The minimum atomic E-state index is -0.154. The van der Waals surface area contributed by atoms with Crippen LogP contribution in [0.4, 0.5) is 4.39 Å². The van der Waals surface area contributed by atoms with Gasteiger partial charge in [0, 0.05) is 10.4 Å². The molecule has 0 saturated heterocycles. The molecule has 4 heteroatoms. The summed E-state index contributed by atoms with van der Waals surface area (Å²) in [6.45, 7) is 0. The van der Waals surface area contributed by atoms with Crippen LogP contribution in [0.15, 0.2) is 24.3 Å². The van der Waals surface area contributed by atoms with Crippen molar-refractivity contribution in [3.05, 3.63) is 35.6 Å². The number of rotatable bonds is 3. The molecule has 0 N–H and O–H groups in total. The van der Waals surface area contributed by atoms with E-state index in [4.69, 9.17) is 15.7 Å². The van der Waals surface area contributed by atoms with Crippen LogP contribution in [0.5, 0.6) is 0 Å². The van der Waals surface area contributed by atoms with E-state index < -0.39 is 0 Å². The third kappa shape index (κ3) is 3.81. The van der Waals surface area contributed by atoms with Crippen LogP contribution in [-0.2, 0) is 0 Å². The van der Waals surface area contributed by atoms with Gasteiger partial charge in [-0.15, -0.1) is 0 Å². The lowest BCUT2D eigenvalue weighted by molar-refractivity contribution is 0.186. The second-order valence-electron chi connectivity index (χ2n) is 8.18. The molecular weight excluding hydrogens is 337 g/mol. The molecule has 2 aliphatic rings. The lowest BCUT2D eigenvalue weighted by Crippen LogP contribution is -2.23. The zero-order chi connectivity index (χ0) is 18.1. The van der Waals surface area contributed by atoms with E-state index in [0.29, 0.717) is 21.7 Å². The van der Waals surface area contributed by atoms with E-state index in [1.165, 1.54) is 69.1 Å². The van der Waals surface area contributed by atoms with Gasteiger partial charge in [-0.3, -0.25) is 0 Å². The van der Waals surface area contributed by atoms with Crippen molar-refractivity contribution < 1.29 is 4.39 Å². The van der Waals surface area contributed by atoms with Crippen LogP contribution in [-0.4, -0.2) is 15.7 Å². The Morgan fingerprint density at radius 2 is 1.54 bits per heavy atom. The minimum Gasteiger partial charge on any atom is -0.206 e. The first-order valence-electron chi connectivity index (χ1n) is 10.1. The number of thiophene rings is 1. The number of hydrogen-bond acceptors (Lipinski definition) is 1. The Kier molecular flexibility index (Phi) is 5.59. The maximum atomic E-state index is 14.7. The summed E-state index contributed by atoms with van der Waals surface area (Å²) < 4.78 is 15.3. The van der Waals surface area contributed by atoms with E-state index in [2.05, 4.69) is 6.07 Å². The fourth-order valence-corrected chi connectivity index (χ4v) is 5.94. The topological polar surface area (TPSA) is 0 Å². The molecule has 4 rings (SSSR count). The molecule has 2 saturated carbocycles. The van der Waals surface area contributed by atoms with Crippen LogP contribution in [0.1, 0.15) is 69.3 Å². The highest BCUT2D eigenvalue weighted by atomic mass is 32.1. The smallest absolute Gasteiger partial charge is 0.132 e. The monoisotopic (exact) mass is 362 g/mol. The average Bonchev–Trinajstić information content (AvgIpc) is 3.01. The van der Waals surface area contributed by atoms with Crippen molar-refractivity contribution >= 4 is 37.3 Å². The van der Waals surface area contributed by atoms with Crippen molar-refractivity contribution in [2.75, 3.05) is 0 Å². The Bertz CT molecular complexity index is 736. The Morgan fingerprint density at radius 3 is 2.15 bits per heavy atom. The van der Waals surface area contributed by atoms with E-state index in [9.17, 15) is 4.39 Å². The third-order valence-corrected chi connectivity index (χ3v) is 7.62. The predicted octanol–water partition coefficient (Wildman–Crippen LogP) is 5.00. The molecule has 4 radical (unpaired) electrons. The van der Waals surface area contributed by atoms with Gasteiger partial charge in [0.05, 0.1) is 0 Å². The van der Waals surface area contributed by atoms with Crippen LogP contribution in [0, 0.1) is 17.7 Å². The molecule has 0 unspecified atom stereocenters. The normalized spacial score (nSPS) is 24.7. The van der Waals surface area contributed by atoms with Crippen molar-refractivity contribution in [2.45, 2.75) is 63.7 Å². The van der Waals surface area contributed by atoms with Gasteiger partial charge in [-0.1, -0.05) is 60.5 Å². The fraction of sp³-hybridized carbons (Fsp3) is 0.545. The zero-order valence-corrected chi connectivity index (χ0v) is 16.2. The van der Waals surface area contributed by atoms with Crippen molar-refractivity contribution in [3.8, 4) is 10.4 Å². The molecule has 0 spiro atoms. The van der Waals surface area contributed by atoms with Crippen molar-refractivity contribution in [3.63, 3.8) is 0 Å². The maximum absolute atomic E-state index is 14.7. The summed E-state index contributed by atoms with van der Waals surface area (Å²) in [7, 11) is 11.6. The summed E-state index contributed by atoms with van der Waals surface area (Å²) in [5.41, 5.74) is 2.30. The predicted molar refractivity (Wildman–Crippen MR) is 112 cm³/mol. The molecule has 0 bridgehead atoms. The summed E-state index contributed by atoms with van der Waals surface area (Å²) >= 11 is 1.35. The van der Waals surface area contributed by atoms with E-state index in [-0.39, 0.29) is 5.82 Å². The second kappa shape index (κ2) is 7.92. The number of hydrogen-bond donors (Lipinski definition) is 0. The van der Waals surface area contributed by atoms with E-state index in [0.717, 1.165) is 22.3 Å². The second-order valence-corrected chi connectivity index (χ2v) is 9.26. The molecule has 0 atom stereocenters. The minimum absolute atomic E-state index is 0.154. The maximum Gasteiger partial charge on any atom is 0.132 e. The quantitative estimate of drug-likeness (QED) is 0.675. The Labute approximate surface area is 163 Å². The Hall–Kier alpha value is -1.02. The molecule has 132 valence electrons. The fourth-order valence-electron chi connectivity index (χ4n) is 5.07. The summed E-state index contributed by atoms with van der Waals surface area (Å²) in [5.74, 6) is 2.22. The molecule has 2 aromatic rings. The van der Waals surface area contributed by atoms with E-state index in [1.54, 1.807) is 12.1 Å². The van der Waals surface area contributed by atoms with Gasteiger partial charge in [0.25, 0.3) is 0 Å². The van der Waals surface area contributed by atoms with Gasteiger partial charge >= 0.3 is 0 Å². The van der Waals surface area contributed by atoms with Crippen LogP contribution < -0.4 is 10.2 Å². The van der Waals surface area contributed by atoms with E-state index in [1.807, 2.05) is 6.07 Å². The van der Waals surface area contributed by atoms with Gasteiger partial charge in [0.1, 0.15) is 21.5 Å². The molecule has 26 heavy (non-hydrogen) atoms. The van der Waals surface area contributed by atoms with Crippen LogP contribution in [0.25, 0.3) is 10.4 Å². The first-order chi connectivity index (χ1) is 12.6. The van der Waals surface area contributed by atoms with Crippen molar-refractivity contribution in [2.24, 2.45) is 11.8 Å². The standard InChI is InChI=1S/C22H25B2FS/c23-19-13-21(26-22(19)24)18-11-10-17(12-20(18)25)16-8-6-15(7-9-16)14-4-2-1-3-5-14/h10-16H,1-9H2. The van der Waals surface area contributed by atoms with Gasteiger partial charge in [-0.25, -0.2) is 4.39 Å². The molecule has 1 aromatic heterocycles. The van der Waals surface area contributed by atoms with Crippen LogP contribution in [0.3, 0.4) is 0 Å². The molecule has 0 amide bonds. The van der Waals surface area contributed by atoms with Crippen LogP contribution in [0.2, 0.25) is 0 Å². The molecule has 2 aliphatic carbocycles. The third-order valence-electron chi connectivity index (χ3n) is 6.61. The van der Waals surface area contributed by atoms with Gasteiger partial charge in [-0.2, -0.15) is 11.3 Å². The number of benzene rings is 1. The highest BCUT2D eigenvalue weighted by molar-refractivity contribution is 7.24. The molecular formula is C22H25B2FS. The van der Waals surface area contributed by atoms with Gasteiger partial charge in [0.15, 0.2) is 0 Å². The summed E-state index contributed by atoms with van der Waals surface area (Å²) in [4.78, 5) is 0.810. The Balaban J connectivity index is 1.43. The molecule has 0 aliphatic heterocycles. The summed E-state index contributed by atoms with van der Waals surface area (Å²) in [6.07, 6.45) is 12.2. The lowest BCUT2D eigenvalue weighted by atomic mass is 9.70. The first kappa shape index (κ1) is 18.3. The van der Waals surface area contributed by atoms with E-state index >= 15 is 0 Å². The molecule has 2 fully saturated rings. The molecule has 0 nitrogen and oxygen atoms in total. The molecule has 1 heterocycles. The summed E-state index contributed by atoms with van der Waals surface area (Å²) in [5, 5.41) is 0. The first-order valence-corrected chi connectivity index (χ1v) is 10.9. The lowest BCUT2D eigenvalue weighted by Gasteiger charge is -2.36. The highest BCUT2D eigenvalue weighted by Gasteiger charge is 2.29. The van der Waals surface area contributed by atoms with Gasteiger partial charge in [-0.05, 0) is 55.1 Å². The van der Waals surface area contributed by atoms with Gasteiger partial charge in [0.2, 0.25) is 0 Å². The van der Waals surface area contributed by atoms with Crippen LogP contribution >= 0.6 is 11.3 Å². The van der Waals surface area contributed by atoms with Crippen molar-refractivity contribution in [1.29, 1.82) is 0 Å².